The highest BCUT2D eigenvalue weighted by Crippen LogP contribution is 2.28. The average Bonchev–Trinajstić information content (AvgIpc) is 3.49. The topological polar surface area (TPSA) is 96.0 Å². The molecule has 0 bridgehead atoms. The van der Waals surface area contributed by atoms with Crippen LogP contribution in [-0.2, 0) is 26.2 Å². The second-order valence-corrected chi connectivity index (χ2v) is 12.4. The molecule has 3 aromatic carbocycles. The Morgan fingerprint density at radius 3 is 2.36 bits per heavy atom. The smallest absolute Gasteiger partial charge is 0.264 e. The number of benzene rings is 3. The molecule has 1 aliphatic rings. The zero-order valence-corrected chi connectivity index (χ0v) is 25.1. The first-order chi connectivity index (χ1) is 20.1. The summed E-state index contributed by atoms with van der Waals surface area (Å²) < 4.78 is 49.0. The van der Waals surface area contributed by atoms with Gasteiger partial charge in [-0.2, -0.15) is 0 Å². The van der Waals surface area contributed by atoms with Crippen molar-refractivity contribution >= 4 is 27.5 Å². The first-order valence-electron chi connectivity index (χ1n) is 14.2. The van der Waals surface area contributed by atoms with Crippen molar-refractivity contribution in [3.8, 4) is 5.75 Å². The highest BCUT2D eigenvalue weighted by Gasteiger charge is 2.35. The molecule has 0 heterocycles. The standard InChI is InChI=1S/C32H38FN3O5S/c1-4-29(32(38)34-25-11-5-6-12-25)35(21-24-10-9-13-26(20-24)41-3)31(37)22-36(30-15-8-7-14-28(30)33)42(39,40)27-18-16-23(2)17-19-27/h7-10,13-20,25,29H,4-6,11-12,21-22H2,1-3H3,(H,34,38)/t29-/m0/s1. The predicted molar refractivity (Wildman–Crippen MR) is 160 cm³/mol. The number of ether oxygens (including phenoxy) is 1. The number of anilines is 1. The van der Waals surface area contributed by atoms with Crippen LogP contribution in [0.2, 0.25) is 0 Å². The van der Waals surface area contributed by atoms with Crippen molar-refractivity contribution in [2.75, 3.05) is 18.0 Å². The highest BCUT2D eigenvalue weighted by atomic mass is 32.2. The predicted octanol–water partition coefficient (Wildman–Crippen LogP) is 5.20. The van der Waals surface area contributed by atoms with E-state index >= 15 is 4.39 Å². The number of sulfonamides is 1. The number of amides is 2. The molecule has 10 heteroatoms. The first kappa shape index (κ1) is 31.0. The van der Waals surface area contributed by atoms with Crippen LogP contribution in [0.1, 0.15) is 50.2 Å². The molecule has 224 valence electrons. The third kappa shape index (κ3) is 7.28. The fourth-order valence-corrected chi connectivity index (χ4v) is 6.68. The maximum atomic E-state index is 15.1. The molecule has 0 unspecified atom stereocenters. The largest absolute Gasteiger partial charge is 0.497 e. The molecule has 0 spiro atoms. The van der Waals surface area contributed by atoms with Gasteiger partial charge in [0.15, 0.2) is 0 Å². The number of para-hydroxylation sites is 1. The van der Waals surface area contributed by atoms with E-state index in [0.29, 0.717) is 17.7 Å². The summed E-state index contributed by atoms with van der Waals surface area (Å²) in [6.45, 7) is 2.96. The van der Waals surface area contributed by atoms with E-state index in [2.05, 4.69) is 5.32 Å². The fourth-order valence-electron chi connectivity index (χ4n) is 5.26. The SMILES string of the molecule is CC[C@@H](C(=O)NC1CCCC1)N(Cc1cccc(OC)c1)C(=O)CN(c1ccccc1F)S(=O)(=O)c1ccc(C)cc1. The number of carbonyl (C=O) groups is 2. The van der Waals surface area contributed by atoms with Gasteiger partial charge in [0.2, 0.25) is 11.8 Å². The third-order valence-electron chi connectivity index (χ3n) is 7.58. The Bertz CT molecular complexity index is 1490. The zero-order chi connectivity index (χ0) is 30.3. The number of hydrogen-bond donors (Lipinski definition) is 1. The molecular weight excluding hydrogens is 557 g/mol. The van der Waals surface area contributed by atoms with Crippen LogP contribution in [0, 0.1) is 12.7 Å². The van der Waals surface area contributed by atoms with Crippen LogP contribution in [0.3, 0.4) is 0 Å². The van der Waals surface area contributed by atoms with Crippen LogP contribution in [0.25, 0.3) is 0 Å². The van der Waals surface area contributed by atoms with Gasteiger partial charge in [-0.1, -0.05) is 61.7 Å². The Balaban J connectivity index is 1.73. The Labute approximate surface area is 247 Å². The lowest BCUT2D eigenvalue weighted by Crippen LogP contribution is -2.53. The van der Waals surface area contributed by atoms with Gasteiger partial charge in [-0.3, -0.25) is 13.9 Å². The molecule has 3 aromatic rings. The van der Waals surface area contributed by atoms with Crippen molar-refractivity contribution in [1.29, 1.82) is 0 Å². The van der Waals surface area contributed by atoms with E-state index in [4.69, 9.17) is 4.74 Å². The van der Waals surface area contributed by atoms with Crippen molar-refractivity contribution in [3.05, 3.63) is 89.7 Å². The first-order valence-corrected chi connectivity index (χ1v) is 15.6. The normalized spacial score (nSPS) is 14.3. The summed E-state index contributed by atoms with van der Waals surface area (Å²) in [5.41, 5.74) is 1.30. The van der Waals surface area contributed by atoms with Crippen molar-refractivity contribution in [2.45, 2.75) is 69.5 Å². The number of aryl methyl sites for hydroxylation is 1. The summed E-state index contributed by atoms with van der Waals surface area (Å²) in [5, 5.41) is 3.08. The number of methoxy groups -OCH3 is 1. The zero-order valence-electron chi connectivity index (χ0n) is 24.3. The van der Waals surface area contributed by atoms with E-state index in [1.54, 1.807) is 30.3 Å². The molecule has 1 saturated carbocycles. The highest BCUT2D eigenvalue weighted by molar-refractivity contribution is 7.92. The molecule has 8 nitrogen and oxygen atoms in total. The monoisotopic (exact) mass is 595 g/mol. The van der Waals surface area contributed by atoms with Crippen molar-refractivity contribution in [2.24, 2.45) is 0 Å². The lowest BCUT2D eigenvalue weighted by atomic mass is 10.1. The Morgan fingerprint density at radius 1 is 1.02 bits per heavy atom. The summed E-state index contributed by atoms with van der Waals surface area (Å²) in [6, 6.07) is 17.9. The van der Waals surface area contributed by atoms with Gasteiger partial charge in [0.05, 0.1) is 17.7 Å². The second kappa shape index (κ2) is 13.8. The Hall–Kier alpha value is -3.92. The molecule has 4 rings (SSSR count). The van der Waals surface area contributed by atoms with E-state index < -0.39 is 34.3 Å². The summed E-state index contributed by atoms with van der Waals surface area (Å²) >= 11 is 0. The molecule has 0 aromatic heterocycles. The van der Waals surface area contributed by atoms with Gasteiger partial charge in [-0.25, -0.2) is 12.8 Å². The third-order valence-corrected chi connectivity index (χ3v) is 9.36. The van der Waals surface area contributed by atoms with Crippen molar-refractivity contribution in [1.82, 2.24) is 10.2 Å². The molecule has 1 atom stereocenters. The summed E-state index contributed by atoms with van der Waals surface area (Å²) in [5.74, 6) is -1.13. The number of rotatable bonds is 12. The Morgan fingerprint density at radius 2 is 1.71 bits per heavy atom. The Kier molecular flexibility index (Phi) is 10.2. The minimum Gasteiger partial charge on any atom is -0.497 e. The van der Waals surface area contributed by atoms with E-state index in [1.807, 2.05) is 19.9 Å². The van der Waals surface area contributed by atoms with Crippen LogP contribution in [0.15, 0.2) is 77.7 Å². The lowest BCUT2D eigenvalue weighted by molar-refractivity contribution is -0.140. The molecule has 1 N–H and O–H groups in total. The second-order valence-electron chi connectivity index (χ2n) is 10.6. The molecule has 2 amide bonds. The van der Waals surface area contributed by atoms with E-state index in [0.717, 1.165) is 41.6 Å². The molecule has 0 saturated heterocycles. The van der Waals surface area contributed by atoms with Crippen LogP contribution in [-0.4, -0.2) is 50.9 Å². The van der Waals surface area contributed by atoms with Crippen LogP contribution >= 0.6 is 0 Å². The molecule has 1 fully saturated rings. The minimum atomic E-state index is -4.35. The molecule has 1 aliphatic carbocycles. The maximum absolute atomic E-state index is 15.1. The van der Waals surface area contributed by atoms with Gasteiger partial charge in [-0.15, -0.1) is 0 Å². The van der Waals surface area contributed by atoms with E-state index in [1.165, 1.54) is 42.3 Å². The lowest BCUT2D eigenvalue weighted by Gasteiger charge is -2.34. The molecule has 0 aliphatic heterocycles. The van der Waals surface area contributed by atoms with E-state index in [-0.39, 0.29) is 29.1 Å². The molecule has 0 radical (unpaired) electrons. The summed E-state index contributed by atoms with van der Waals surface area (Å²) in [7, 11) is -2.82. The van der Waals surface area contributed by atoms with Crippen molar-refractivity contribution < 1.29 is 27.1 Å². The summed E-state index contributed by atoms with van der Waals surface area (Å²) in [6.07, 6.45) is 4.12. The van der Waals surface area contributed by atoms with Crippen LogP contribution in [0.5, 0.6) is 5.75 Å². The molecular formula is C32H38FN3O5S. The van der Waals surface area contributed by atoms with Gasteiger partial charge in [-0.05, 0) is 68.1 Å². The maximum Gasteiger partial charge on any atom is 0.264 e. The number of hydrogen-bond acceptors (Lipinski definition) is 5. The molecule has 42 heavy (non-hydrogen) atoms. The quantitative estimate of drug-likeness (QED) is 0.310. The van der Waals surface area contributed by atoms with Gasteiger partial charge in [0.1, 0.15) is 24.2 Å². The van der Waals surface area contributed by atoms with Crippen LogP contribution in [0.4, 0.5) is 10.1 Å². The minimum absolute atomic E-state index is 0.0301. The fraction of sp³-hybridized carbons (Fsp3) is 0.375. The van der Waals surface area contributed by atoms with E-state index in [9.17, 15) is 18.0 Å². The van der Waals surface area contributed by atoms with Crippen molar-refractivity contribution in [3.63, 3.8) is 0 Å². The van der Waals surface area contributed by atoms with Crippen LogP contribution < -0.4 is 14.4 Å². The number of nitrogens with one attached hydrogen (secondary N) is 1. The average molecular weight is 596 g/mol. The van der Waals surface area contributed by atoms with Gasteiger partial charge < -0.3 is 15.0 Å². The number of carbonyl (C=O) groups excluding carboxylic acids is 2. The van der Waals surface area contributed by atoms with Gasteiger partial charge in [0.25, 0.3) is 10.0 Å². The number of halogens is 1. The number of nitrogens with zero attached hydrogens (tertiary/aromatic N) is 2. The van der Waals surface area contributed by atoms with Gasteiger partial charge in [0, 0.05) is 12.6 Å². The summed E-state index contributed by atoms with van der Waals surface area (Å²) in [4.78, 5) is 29.0. The van der Waals surface area contributed by atoms with Gasteiger partial charge >= 0.3 is 0 Å².